The van der Waals surface area contributed by atoms with Crippen LogP contribution in [0.1, 0.15) is 16.5 Å². The van der Waals surface area contributed by atoms with Gasteiger partial charge in [0, 0.05) is 6.54 Å². The van der Waals surface area contributed by atoms with Gasteiger partial charge in [0.25, 0.3) is 5.89 Å². The van der Waals surface area contributed by atoms with E-state index in [9.17, 15) is 0 Å². The van der Waals surface area contributed by atoms with E-state index in [0.717, 1.165) is 28.5 Å². The fourth-order valence-electron chi connectivity index (χ4n) is 2.61. The highest BCUT2D eigenvalue weighted by atomic mass is 32.1. The molecule has 0 aliphatic carbocycles. The van der Waals surface area contributed by atoms with E-state index in [1.807, 2.05) is 37.3 Å². The minimum absolute atomic E-state index is 0.529. The lowest BCUT2D eigenvalue weighted by atomic mass is 10.3. The summed E-state index contributed by atoms with van der Waals surface area (Å²) in [6, 6.07) is 11.9. The van der Waals surface area contributed by atoms with E-state index in [0.29, 0.717) is 18.2 Å². The number of furan rings is 1. The largest absolute Gasteiger partial charge is 0.459 e. The first-order valence-corrected chi connectivity index (χ1v) is 8.54. The molecule has 0 aliphatic heterocycles. The SMILES string of the molecule is Cc1oc(-c2ccco2)nc1CN(C)Cc1nc2ccccc2s1. The molecule has 24 heavy (non-hydrogen) atoms. The highest BCUT2D eigenvalue weighted by Gasteiger charge is 2.15. The Morgan fingerprint density at radius 3 is 2.75 bits per heavy atom. The Hall–Kier alpha value is -2.44. The molecule has 0 saturated heterocycles. The number of nitrogens with zero attached hydrogens (tertiary/aromatic N) is 3. The zero-order valence-corrected chi connectivity index (χ0v) is 14.3. The molecule has 0 unspecified atom stereocenters. The van der Waals surface area contributed by atoms with Crippen LogP contribution in [0.4, 0.5) is 0 Å². The molecule has 0 fully saturated rings. The van der Waals surface area contributed by atoms with Crippen LogP contribution in [0.15, 0.2) is 51.5 Å². The molecular formula is C18H17N3O2S. The number of oxazole rings is 1. The Labute approximate surface area is 143 Å². The summed E-state index contributed by atoms with van der Waals surface area (Å²) in [5.74, 6) is 2.00. The van der Waals surface area contributed by atoms with E-state index >= 15 is 0 Å². The molecule has 122 valence electrons. The molecule has 4 aromatic rings. The van der Waals surface area contributed by atoms with Crippen LogP contribution in [0.3, 0.4) is 0 Å². The van der Waals surface area contributed by atoms with Crippen molar-refractivity contribution in [2.75, 3.05) is 7.05 Å². The summed E-state index contributed by atoms with van der Waals surface area (Å²) in [6.07, 6.45) is 1.62. The van der Waals surface area contributed by atoms with Crippen LogP contribution < -0.4 is 0 Å². The van der Waals surface area contributed by atoms with Crippen molar-refractivity contribution in [3.8, 4) is 11.7 Å². The van der Waals surface area contributed by atoms with E-state index in [2.05, 4.69) is 28.0 Å². The van der Waals surface area contributed by atoms with Gasteiger partial charge in [-0.1, -0.05) is 12.1 Å². The monoisotopic (exact) mass is 339 g/mol. The summed E-state index contributed by atoms with van der Waals surface area (Å²) in [5, 5.41) is 1.10. The summed E-state index contributed by atoms with van der Waals surface area (Å²) in [4.78, 5) is 11.4. The molecule has 0 bridgehead atoms. The highest BCUT2D eigenvalue weighted by molar-refractivity contribution is 7.18. The minimum Gasteiger partial charge on any atom is -0.459 e. The lowest BCUT2D eigenvalue weighted by molar-refractivity contribution is 0.313. The number of aryl methyl sites for hydroxylation is 1. The topological polar surface area (TPSA) is 55.3 Å². The van der Waals surface area contributed by atoms with Gasteiger partial charge in [-0.3, -0.25) is 4.90 Å². The minimum atomic E-state index is 0.529. The van der Waals surface area contributed by atoms with Crippen LogP contribution in [-0.4, -0.2) is 21.9 Å². The summed E-state index contributed by atoms with van der Waals surface area (Å²) in [6.45, 7) is 3.41. The van der Waals surface area contributed by atoms with Gasteiger partial charge in [0.2, 0.25) is 0 Å². The average molecular weight is 339 g/mol. The number of fused-ring (bicyclic) bond motifs is 1. The summed E-state index contributed by atoms with van der Waals surface area (Å²) in [7, 11) is 2.06. The van der Waals surface area contributed by atoms with E-state index in [1.165, 1.54) is 4.70 Å². The fraction of sp³-hybridized carbons (Fsp3) is 0.222. The molecule has 0 atom stereocenters. The van der Waals surface area contributed by atoms with Crippen molar-refractivity contribution in [2.45, 2.75) is 20.0 Å². The van der Waals surface area contributed by atoms with E-state index in [4.69, 9.17) is 8.83 Å². The Kier molecular flexibility index (Phi) is 3.92. The molecule has 6 heteroatoms. The molecule has 0 N–H and O–H groups in total. The van der Waals surface area contributed by atoms with Crippen molar-refractivity contribution in [2.24, 2.45) is 0 Å². The third-order valence-electron chi connectivity index (χ3n) is 3.79. The fourth-order valence-corrected chi connectivity index (χ4v) is 3.66. The summed E-state index contributed by atoms with van der Waals surface area (Å²) >= 11 is 1.73. The van der Waals surface area contributed by atoms with Crippen molar-refractivity contribution in [3.63, 3.8) is 0 Å². The van der Waals surface area contributed by atoms with Crippen molar-refractivity contribution in [1.29, 1.82) is 0 Å². The average Bonchev–Trinajstić information content (AvgIpc) is 3.27. The van der Waals surface area contributed by atoms with Gasteiger partial charge >= 0.3 is 0 Å². The number of benzene rings is 1. The third kappa shape index (κ3) is 2.98. The number of thiazole rings is 1. The van der Waals surface area contributed by atoms with Gasteiger partial charge in [0.1, 0.15) is 10.8 Å². The van der Waals surface area contributed by atoms with Crippen molar-refractivity contribution in [3.05, 3.63) is 59.1 Å². The lowest BCUT2D eigenvalue weighted by Gasteiger charge is -2.13. The molecular weight excluding hydrogens is 322 g/mol. The van der Waals surface area contributed by atoms with Gasteiger partial charge < -0.3 is 8.83 Å². The zero-order chi connectivity index (χ0) is 16.5. The van der Waals surface area contributed by atoms with Crippen LogP contribution in [-0.2, 0) is 13.1 Å². The van der Waals surface area contributed by atoms with Gasteiger partial charge in [-0.25, -0.2) is 9.97 Å². The molecule has 0 aliphatic rings. The van der Waals surface area contributed by atoms with Gasteiger partial charge in [0.15, 0.2) is 5.76 Å². The summed E-state index contributed by atoms with van der Waals surface area (Å²) in [5.41, 5.74) is 1.98. The predicted molar refractivity (Wildman–Crippen MR) is 93.7 cm³/mol. The van der Waals surface area contributed by atoms with Crippen molar-refractivity contribution in [1.82, 2.24) is 14.9 Å². The Morgan fingerprint density at radius 1 is 1.08 bits per heavy atom. The number of rotatable bonds is 5. The van der Waals surface area contributed by atoms with E-state index in [1.54, 1.807) is 17.6 Å². The molecule has 0 spiro atoms. The van der Waals surface area contributed by atoms with Crippen LogP contribution in [0, 0.1) is 6.92 Å². The second-order valence-corrected chi connectivity index (χ2v) is 6.86. The normalized spacial score (nSPS) is 11.6. The zero-order valence-electron chi connectivity index (χ0n) is 13.5. The van der Waals surface area contributed by atoms with Crippen LogP contribution >= 0.6 is 11.3 Å². The molecule has 0 saturated carbocycles. The third-order valence-corrected chi connectivity index (χ3v) is 4.81. The molecule has 3 aromatic heterocycles. The maximum Gasteiger partial charge on any atom is 0.263 e. The molecule has 1 aromatic carbocycles. The number of para-hydroxylation sites is 1. The molecule has 5 nitrogen and oxygen atoms in total. The maximum atomic E-state index is 5.71. The van der Waals surface area contributed by atoms with E-state index in [-0.39, 0.29) is 0 Å². The number of hydrogen-bond acceptors (Lipinski definition) is 6. The second-order valence-electron chi connectivity index (χ2n) is 5.75. The molecule has 0 radical (unpaired) electrons. The standard InChI is InChI=1S/C18H17N3O2S/c1-12-14(20-18(23-12)15-7-5-9-22-15)10-21(2)11-17-19-13-6-3-4-8-16(13)24-17/h3-9H,10-11H2,1-2H3. The van der Waals surface area contributed by atoms with Crippen LogP contribution in [0.25, 0.3) is 21.9 Å². The first-order chi connectivity index (χ1) is 11.7. The van der Waals surface area contributed by atoms with E-state index < -0.39 is 0 Å². The highest BCUT2D eigenvalue weighted by Crippen LogP contribution is 2.25. The maximum absolute atomic E-state index is 5.71. The molecule has 3 heterocycles. The van der Waals surface area contributed by atoms with Crippen molar-refractivity contribution < 1.29 is 8.83 Å². The first-order valence-electron chi connectivity index (χ1n) is 7.72. The Balaban J connectivity index is 1.48. The van der Waals surface area contributed by atoms with Gasteiger partial charge in [-0.15, -0.1) is 11.3 Å². The number of hydrogen-bond donors (Lipinski definition) is 0. The van der Waals surface area contributed by atoms with Crippen LogP contribution in [0.2, 0.25) is 0 Å². The summed E-state index contributed by atoms with van der Waals surface area (Å²) < 4.78 is 12.3. The smallest absolute Gasteiger partial charge is 0.263 e. The van der Waals surface area contributed by atoms with Crippen LogP contribution in [0.5, 0.6) is 0 Å². The first kappa shape index (κ1) is 15.1. The predicted octanol–water partition coefficient (Wildman–Crippen LogP) is 4.48. The molecule has 0 amide bonds. The lowest BCUT2D eigenvalue weighted by Crippen LogP contribution is -2.17. The Morgan fingerprint density at radius 2 is 1.96 bits per heavy atom. The van der Waals surface area contributed by atoms with Gasteiger partial charge in [0.05, 0.1) is 28.7 Å². The van der Waals surface area contributed by atoms with Gasteiger partial charge in [-0.05, 0) is 38.2 Å². The number of aromatic nitrogens is 2. The Bertz CT molecular complexity index is 923. The second kappa shape index (κ2) is 6.22. The van der Waals surface area contributed by atoms with Crippen molar-refractivity contribution >= 4 is 21.6 Å². The van der Waals surface area contributed by atoms with Gasteiger partial charge in [-0.2, -0.15) is 0 Å². The quantitative estimate of drug-likeness (QED) is 0.536. The molecule has 4 rings (SSSR count).